The molecule has 1 heterocycles. The van der Waals surface area contributed by atoms with Gasteiger partial charge in [-0.1, -0.05) is 37.1 Å². The maximum atomic E-state index is 12.1. The van der Waals surface area contributed by atoms with Gasteiger partial charge in [0, 0.05) is 17.1 Å². The van der Waals surface area contributed by atoms with Crippen LogP contribution in [0.3, 0.4) is 0 Å². The molecule has 0 spiro atoms. The number of rotatable bonds is 5. The summed E-state index contributed by atoms with van der Waals surface area (Å²) in [5.74, 6) is -0.0336. The van der Waals surface area contributed by atoms with Crippen LogP contribution in [0.1, 0.15) is 35.1 Å². The maximum absolute atomic E-state index is 12.1. The average molecular weight is 309 g/mol. The zero-order chi connectivity index (χ0) is 14.5. The third-order valence-electron chi connectivity index (χ3n) is 2.91. The highest BCUT2D eigenvalue weighted by Crippen LogP contribution is 2.28. The summed E-state index contributed by atoms with van der Waals surface area (Å²) >= 11 is 7.29. The van der Waals surface area contributed by atoms with Crippen LogP contribution >= 0.6 is 22.9 Å². The summed E-state index contributed by atoms with van der Waals surface area (Å²) in [5, 5.41) is 4.47. The number of halogens is 1. The summed E-state index contributed by atoms with van der Waals surface area (Å²) in [6, 6.07) is 7.49. The van der Waals surface area contributed by atoms with Crippen LogP contribution in [-0.2, 0) is 0 Å². The van der Waals surface area contributed by atoms with Crippen molar-refractivity contribution in [3.8, 4) is 10.6 Å². The first-order valence-electron chi connectivity index (χ1n) is 6.63. The zero-order valence-electron chi connectivity index (χ0n) is 11.6. The molecule has 3 nitrogen and oxygen atoms in total. The number of nitrogens with one attached hydrogen (secondary N) is 1. The van der Waals surface area contributed by atoms with Gasteiger partial charge in [-0.25, -0.2) is 4.98 Å². The monoisotopic (exact) mass is 308 g/mol. The minimum Gasteiger partial charge on any atom is -0.351 e. The van der Waals surface area contributed by atoms with Crippen LogP contribution < -0.4 is 5.32 Å². The van der Waals surface area contributed by atoms with Crippen LogP contribution in [0.15, 0.2) is 24.3 Å². The summed E-state index contributed by atoms with van der Waals surface area (Å²) < 4.78 is 0. The molecule has 1 amide bonds. The van der Waals surface area contributed by atoms with E-state index in [1.54, 1.807) is 0 Å². The molecule has 2 aromatic rings. The van der Waals surface area contributed by atoms with Gasteiger partial charge in [0.1, 0.15) is 9.88 Å². The van der Waals surface area contributed by atoms with E-state index in [0.29, 0.717) is 16.4 Å². The quantitative estimate of drug-likeness (QED) is 0.837. The molecule has 20 heavy (non-hydrogen) atoms. The number of nitrogens with zero attached hydrogens (tertiary/aromatic N) is 1. The van der Waals surface area contributed by atoms with Gasteiger partial charge in [-0.15, -0.1) is 11.3 Å². The predicted octanol–water partition coefficient (Wildman–Crippen LogP) is 4.30. The fraction of sp³-hybridized carbons (Fsp3) is 0.333. The van der Waals surface area contributed by atoms with E-state index in [-0.39, 0.29) is 5.91 Å². The molecule has 106 valence electrons. The van der Waals surface area contributed by atoms with Crippen LogP contribution in [0.4, 0.5) is 0 Å². The van der Waals surface area contributed by atoms with E-state index in [0.717, 1.165) is 29.1 Å². The van der Waals surface area contributed by atoms with Crippen LogP contribution in [0.25, 0.3) is 10.6 Å². The van der Waals surface area contributed by atoms with Crippen molar-refractivity contribution in [3.05, 3.63) is 39.9 Å². The fourth-order valence-electron chi connectivity index (χ4n) is 1.78. The first-order valence-corrected chi connectivity index (χ1v) is 7.83. The molecular formula is C15H17ClN2OS. The van der Waals surface area contributed by atoms with Crippen molar-refractivity contribution in [2.75, 3.05) is 6.54 Å². The van der Waals surface area contributed by atoms with Crippen molar-refractivity contribution in [1.29, 1.82) is 0 Å². The van der Waals surface area contributed by atoms with Gasteiger partial charge in [-0.3, -0.25) is 4.79 Å². The second-order valence-electron chi connectivity index (χ2n) is 4.55. The zero-order valence-corrected chi connectivity index (χ0v) is 13.1. The highest BCUT2D eigenvalue weighted by molar-refractivity contribution is 7.17. The summed E-state index contributed by atoms with van der Waals surface area (Å²) in [6.07, 6.45) is 2.06. The number of hydrogen-bond acceptors (Lipinski definition) is 3. The van der Waals surface area contributed by atoms with E-state index >= 15 is 0 Å². The van der Waals surface area contributed by atoms with Crippen molar-refractivity contribution in [3.63, 3.8) is 0 Å². The Balaban J connectivity index is 2.16. The molecule has 0 saturated carbocycles. The topological polar surface area (TPSA) is 42.0 Å². The maximum Gasteiger partial charge on any atom is 0.263 e. The number of amides is 1. The van der Waals surface area contributed by atoms with Crippen LogP contribution in [-0.4, -0.2) is 17.4 Å². The number of hydrogen-bond donors (Lipinski definition) is 1. The largest absolute Gasteiger partial charge is 0.351 e. The number of carbonyl (C=O) groups excluding carboxylic acids is 1. The van der Waals surface area contributed by atoms with E-state index in [1.165, 1.54) is 11.3 Å². The van der Waals surface area contributed by atoms with E-state index < -0.39 is 0 Å². The van der Waals surface area contributed by atoms with E-state index in [9.17, 15) is 4.79 Å². The summed E-state index contributed by atoms with van der Waals surface area (Å²) in [5.41, 5.74) is 1.75. The second-order valence-corrected chi connectivity index (χ2v) is 5.99. The molecule has 0 saturated heterocycles. The molecular weight excluding hydrogens is 292 g/mol. The normalized spacial score (nSPS) is 10.6. The lowest BCUT2D eigenvalue weighted by Crippen LogP contribution is -2.24. The Bertz CT molecular complexity index is 592. The van der Waals surface area contributed by atoms with Gasteiger partial charge in [0.05, 0.1) is 5.69 Å². The van der Waals surface area contributed by atoms with Gasteiger partial charge in [-0.2, -0.15) is 0 Å². The first kappa shape index (κ1) is 15.0. The predicted molar refractivity (Wildman–Crippen MR) is 84.5 cm³/mol. The van der Waals surface area contributed by atoms with E-state index in [1.807, 2.05) is 31.2 Å². The summed E-state index contributed by atoms with van der Waals surface area (Å²) in [4.78, 5) is 17.2. The van der Waals surface area contributed by atoms with Crippen LogP contribution in [0, 0.1) is 6.92 Å². The van der Waals surface area contributed by atoms with Crippen molar-refractivity contribution in [2.24, 2.45) is 0 Å². The molecule has 0 aliphatic heterocycles. The minimum atomic E-state index is -0.0336. The van der Waals surface area contributed by atoms with Gasteiger partial charge in [-0.05, 0) is 25.5 Å². The lowest BCUT2D eigenvalue weighted by Gasteiger charge is -2.01. The Labute approximate surface area is 128 Å². The number of aryl methyl sites for hydroxylation is 1. The Kier molecular flexibility index (Phi) is 5.15. The van der Waals surface area contributed by atoms with Gasteiger partial charge in [0.15, 0.2) is 0 Å². The Morgan fingerprint density at radius 1 is 1.35 bits per heavy atom. The first-order chi connectivity index (χ1) is 9.61. The lowest BCUT2D eigenvalue weighted by atomic mass is 10.2. The third-order valence-corrected chi connectivity index (χ3v) is 4.37. The Morgan fingerprint density at radius 3 is 2.70 bits per heavy atom. The molecule has 1 aromatic carbocycles. The molecule has 0 unspecified atom stereocenters. The summed E-state index contributed by atoms with van der Waals surface area (Å²) in [7, 11) is 0. The molecule has 0 radical (unpaired) electrons. The van der Waals surface area contributed by atoms with Gasteiger partial charge < -0.3 is 5.32 Å². The molecule has 0 atom stereocenters. The number of unbranched alkanes of at least 4 members (excludes halogenated alkanes) is 1. The standard InChI is InChI=1S/C15H17ClN2OS/c1-3-4-9-17-14(19)13-10(2)18-15(20-13)11-5-7-12(16)8-6-11/h5-8H,3-4,9H2,1-2H3,(H,17,19). The van der Waals surface area contributed by atoms with Crippen molar-refractivity contribution < 1.29 is 4.79 Å². The Hall–Kier alpha value is -1.39. The van der Waals surface area contributed by atoms with Gasteiger partial charge >= 0.3 is 0 Å². The average Bonchev–Trinajstić information content (AvgIpc) is 2.82. The molecule has 1 N–H and O–H groups in total. The van der Waals surface area contributed by atoms with E-state index in [2.05, 4.69) is 17.2 Å². The number of benzene rings is 1. The molecule has 5 heteroatoms. The molecule has 0 fully saturated rings. The molecule has 0 bridgehead atoms. The second kappa shape index (κ2) is 6.86. The lowest BCUT2D eigenvalue weighted by molar-refractivity contribution is 0.0956. The van der Waals surface area contributed by atoms with Crippen molar-refractivity contribution >= 4 is 28.8 Å². The SMILES string of the molecule is CCCCNC(=O)c1sc(-c2ccc(Cl)cc2)nc1C. The number of aromatic nitrogens is 1. The molecule has 0 aliphatic carbocycles. The van der Waals surface area contributed by atoms with Crippen molar-refractivity contribution in [1.82, 2.24) is 10.3 Å². The van der Waals surface area contributed by atoms with Gasteiger partial charge in [0.25, 0.3) is 5.91 Å². The highest BCUT2D eigenvalue weighted by atomic mass is 35.5. The van der Waals surface area contributed by atoms with Crippen molar-refractivity contribution in [2.45, 2.75) is 26.7 Å². The molecule has 1 aromatic heterocycles. The van der Waals surface area contributed by atoms with Gasteiger partial charge in [0.2, 0.25) is 0 Å². The summed E-state index contributed by atoms with van der Waals surface area (Å²) in [6.45, 7) is 4.68. The van der Waals surface area contributed by atoms with Crippen LogP contribution in [0.5, 0.6) is 0 Å². The van der Waals surface area contributed by atoms with E-state index in [4.69, 9.17) is 11.6 Å². The molecule has 0 aliphatic rings. The number of thiazole rings is 1. The van der Waals surface area contributed by atoms with Crippen LogP contribution in [0.2, 0.25) is 5.02 Å². The Morgan fingerprint density at radius 2 is 2.05 bits per heavy atom. The minimum absolute atomic E-state index is 0.0336. The highest BCUT2D eigenvalue weighted by Gasteiger charge is 2.15. The number of carbonyl (C=O) groups is 1. The fourth-order valence-corrected chi connectivity index (χ4v) is 2.90. The smallest absolute Gasteiger partial charge is 0.263 e. The molecule has 2 rings (SSSR count). The third kappa shape index (κ3) is 3.58.